The number of hydrogen-bond acceptors (Lipinski definition) is 23. The van der Waals surface area contributed by atoms with E-state index in [2.05, 4.69) is 33.9 Å². The number of carbonyl (C=O) groups excluding carboxylic acids is 10. The van der Waals surface area contributed by atoms with Gasteiger partial charge in [-0.25, -0.2) is 9.59 Å². The number of carboxylic acid groups (broad SMARTS) is 3. The van der Waals surface area contributed by atoms with Crippen molar-refractivity contribution in [1.82, 2.24) is 21.3 Å². The zero-order valence-corrected chi connectivity index (χ0v) is 67.8. The Hall–Kier alpha value is -2.99. The summed E-state index contributed by atoms with van der Waals surface area (Å²) in [5, 5.41) is 38.3. The predicted molar refractivity (Wildman–Crippen MR) is 420 cm³/mol. The third-order valence-corrected chi connectivity index (χ3v) is 23.4. The van der Waals surface area contributed by atoms with Crippen LogP contribution in [0.3, 0.4) is 0 Å². The number of aliphatic carboxylic acids is 3. The SMILES string of the molecule is CC(=O)[C@H](CSSC[C@H](C)C(=O)N[C@@H](CCCCNC(=O)COCCOCCCC(=O)COCCOCCNC(=O)CC[C@H](NC(=O)CCCCCCCCCCCCCCCCC(=O)O)C(=O)O)C(=O)O)CC(=O)[C@@H](C)CSSC[C@H](C)C(=O)S.CC(=O)[CH-]CSSC[C@H](C)C(C)=O.[HH].[HH].[HH].[HH].[HH].[HH].[NH2-].[V+2]. The number of carboxylic acids is 3. The van der Waals surface area contributed by atoms with E-state index in [1.54, 1.807) is 55.7 Å². The fraction of sp³-hybridized carbons (Fsp3) is 0.794. The molecule has 0 aromatic heterocycles. The van der Waals surface area contributed by atoms with E-state index in [9.17, 15) is 72.5 Å². The van der Waals surface area contributed by atoms with Gasteiger partial charge in [-0.1, -0.05) is 159 Å². The fourth-order valence-electron chi connectivity index (χ4n) is 8.44. The van der Waals surface area contributed by atoms with Gasteiger partial charge in [-0.05, 0) is 71.5 Å². The number of nitrogens with one attached hydrogen (secondary N) is 4. The van der Waals surface area contributed by atoms with Crippen molar-refractivity contribution in [3.63, 3.8) is 0 Å². The maximum absolute atomic E-state index is 12.8. The number of rotatable bonds is 69. The van der Waals surface area contributed by atoms with E-state index < -0.39 is 47.7 Å². The Labute approximate surface area is 650 Å². The molecular weight excluding hydrogens is 1480 g/mol. The van der Waals surface area contributed by atoms with Gasteiger partial charge in [0, 0.05) is 119 Å². The molecule has 0 spiro atoms. The number of ether oxygens (including phenoxy) is 4. The smallest absolute Gasteiger partial charge is 0.693 e. The maximum atomic E-state index is 12.8. The molecule has 33 heteroatoms. The number of amides is 4. The first-order valence-corrected chi connectivity index (χ1v) is 42.6. The summed E-state index contributed by atoms with van der Waals surface area (Å²) in [7, 11) is 9.07. The van der Waals surface area contributed by atoms with Crippen LogP contribution in [-0.4, -0.2) is 203 Å². The number of unbranched alkanes of at least 4 members (excludes halogenated alkanes) is 14. The molecule has 595 valence electrons. The second-order valence-corrected chi connectivity index (χ2v) is 32.6. The van der Waals surface area contributed by atoms with Gasteiger partial charge in [0.15, 0.2) is 10.9 Å². The van der Waals surface area contributed by atoms with Gasteiger partial charge < -0.3 is 72.9 Å². The number of thiol groups is 1. The van der Waals surface area contributed by atoms with Gasteiger partial charge >= 0.3 is 36.5 Å². The molecule has 0 unspecified atom stereocenters. The summed E-state index contributed by atoms with van der Waals surface area (Å²) in [5.74, 6) is -2.24. The van der Waals surface area contributed by atoms with Crippen LogP contribution in [0.4, 0.5) is 0 Å². The predicted octanol–water partition coefficient (Wildman–Crippen LogP) is 12.9. The molecule has 0 aliphatic heterocycles. The van der Waals surface area contributed by atoms with Crippen molar-refractivity contribution >= 4 is 153 Å². The maximum Gasteiger partial charge on any atom is 2.00 e. The molecule has 9 N–H and O–H groups in total. The monoisotopic (exact) mass is 1610 g/mol. The number of nitrogens with two attached hydrogens (primary N) is 1. The largest absolute Gasteiger partial charge is 2.00 e. The minimum Gasteiger partial charge on any atom is -0.693 e. The molecule has 0 rings (SSSR count). The molecule has 0 heterocycles. The average molecular weight is 1610 g/mol. The van der Waals surface area contributed by atoms with Gasteiger partial charge in [0.05, 0.1) is 33.0 Å². The molecule has 0 saturated carbocycles. The molecule has 0 aromatic rings. The topological polar surface area (TPSA) is 401 Å². The van der Waals surface area contributed by atoms with Crippen LogP contribution in [0.1, 0.15) is 211 Å². The molecule has 25 nitrogen and oxygen atoms in total. The van der Waals surface area contributed by atoms with Crippen LogP contribution in [0.25, 0.3) is 6.15 Å². The van der Waals surface area contributed by atoms with Gasteiger partial charge in [-0.3, -0.25) is 47.9 Å². The van der Waals surface area contributed by atoms with Crippen LogP contribution >= 0.6 is 77.4 Å². The van der Waals surface area contributed by atoms with Crippen LogP contribution in [0.15, 0.2) is 0 Å². The molecule has 101 heavy (non-hydrogen) atoms. The fourth-order valence-corrected chi connectivity index (χ4v) is 16.5. The van der Waals surface area contributed by atoms with Crippen molar-refractivity contribution in [2.75, 3.05) is 100 Å². The summed E-state index contributed by atoms with van der Waals surface area (Å²) in [6.07, 6.45) is 18.8. The summed E-state index contributed by atoms with van der Waals surface area (Å²) in [5.41, 5.74) is 0. The summed E-state index contributed by atoms with van der Waals surface area (Å²) in [6.45, 7) is 13.3. The average Bonchev–Trinajstić information content (AvgIpc) is 0.922. The number of Topliss-reactive ketones (excluding diaryl/α,β-unsaturated/α-hetero) is 5. The number of carbonyl (C=O) groups is 13. The van der Waals surface area contributed by atoms with E-state index in [1.165, 1.54) is 88.6 Å². The Kier molecular flexibility index (Phi) is 73.7. The Morgan fingerprint density at radius 2 is 0.921 bits per heavy atom. The quantitative estimate of drug-likeness (QED) is 0.0121. The van der Waals surface area contributed by atoms with Crippen molar-refractivity contribution < 1.29 is 124 Å². The van der Waals surface area contributed by atoms with Crippen molar-refractivity contribution in [1.29, 1.82) is 0 Å². The van der Waals surface area contributed by atoms with E-state index in [0.717, 1.165) is 56.5 Å². The molecule has 0 saturated heterocycles. The van der Waals surface area contributed by atoms with Crippen molar-refractivity contribution in [2.45, 2.75) is 215 Å². The Balaban J connectivity index is -0.000000506. The van der Waals surface area contributed by atoms with Crippen molar-refractivity contribution in [3.05, 3.63) is 12.6 Å². The second-order valence-electron chi connectivity index (χ2n) is 24.5. The molecule has 0 aromatic carbocycles. The van der Waals surface area contributed by atoms with Crippen LogP contribution in [0.5, 0.6) is 0 Å². The van der Waals surface area contributed by atoms with Crippen molar-refractivity contribution in [3.8, 4) is 0 Å². The van der Waals surface area contributed by atoms with Gasteiger partial charge in [-0.15, -0.1) is 29.2 Å². The first-order chi connectivity index (χ1) is 47.2. The molecule has 0 aliphatic rings. The molecule has 4 amide bonds. The minimum atomic E-state index is -1.20. The molecule has 0 aliphatic carbocycles. The number of hydrogen-bond donors (Lipinski definition) is 8. The van der Waals surface area contributed by atoms with E-state index >= 15 is 0 Å². The standard InChI is InChI=1S/C59H102N4O18S5.C9H15O2S2.H2N.V.6H2/c1-43(39-83-85-41-45(3)59(77)82)51(66)36-47(46(4)64)42-86-84-40-44(2)56(72)63-49(57(73)74)23-19-20-28-60-54(69)38-81-35-32-78-30-21-22-48(65)37-80-34-33-79-31-29-61-52(67)27-26-50(58(75)76)62-53(68)24-17-15-13-11-9-7-5-6-8-10-12-14-16-18-25-55(70)71;1-7(9(3)11)6-13-12-5-4-8(2)10;;;;;;;;/h43-45,47,49-50H,5-42H2,1-4H3,(H,60,69)(H,61,67)(H,62,68)(H,63,72)(H,70,71)(H,73,74)(H,75,76)(H,77,82);4,7H,5-6H2,1-3H3;1H2;;6*1H/q;2*-1;+2;;;;;;/t43-,44-,45-,47-,49-,50-;7-;;;;;;;;/m00......../s1. The van der Waals surface area contributed by atoms with E-state index in [1.807, 2.05) is 13.8 Å². The molecular formula is C68H131N5O20S7V. The van der Waals surface area contributed by atoms with Gasteiger partial charge in [0.25, 0.3) is 0 Å². The normalized spacial score (nSPS) is 13.0. The number of ketones is 5. The van der Waals surface area contributed by atoms with E-state index in [0.29, 0.717) is 55.3 Å². The van der Waals surface area contributed by atoms with Crippen LogP contribution in [-0.2, 0) is 99.8 Å². The van der Waals surface area contributed by atoms with Gasteiger partial charge in [0.2, 0.25) is 23.6 Å². The summed E-state index contributed by atoms with van der Waals surface area (Å²) >= 11 is 3.84. The minimum absolute atomic E-state index is 0. The molecule has 0 fully saturated rings. The first-order valence-electron chi connectivity index (χ1n) is 34.6. The third-order valence-electron chi connectivity index (χ3n) is 15.1. The zero-order valence-electron chi connectivity index (χ0n) is 60.6. The second kappa shape index (κ2) is 71.3. The summed E-state index contributed by atoms with van der Waals surface area (Å²) < 4.78 is 21.6. The third kappa shape index (κ3) is 68.6. The molecule has 1 radical (unpaired) electrons. The molecule has 0 bridgehead atoms. The first kappa shape index (κ1) is 104. The zero-order chi connectivity index (χ0) is 74.4. The van der Waals surface area contributed by atoms with Crippen LogP contribution in [0, 0.1) is 36.0 Å². The Morgan fingerprint density at radius 1 is 0.446 bits per heavy atom. The van der Waals surface area contributed by atoms with Crippen LogP contribution in [0.2, 0.25) is 0 Å². The van der Waals surface area contributed by atoms with Crippen LogP contribution < -0.4 is 21.3 Å². The summed E-state index contributed by atoms with van der Waals surface area (Å²) in [6, 6.07) is -2.26. The molecule has 7 atom stereocenters. The summed E-state index contributed by atoms with van der Waals surface area (Å²) in [4.78, 5) is 154. The Bertz CT molecular complexity index is 2360. The van der Waals surface area contributed by atoms with Gasteiger partial charge in [0.1, 0.15) is 42.6 Å². The van der Waals surface area contributed by atoms with E-state index in [4.69, 9.17) is 24.1 Å². The van der Waals surface area contributed by atoms with E-state index in [-0.39, 0.29) is 207 Å². The van der Waals surface area contributed by atoms with Gasteiger partial charge in [-0.2, -0.15) is 0 Å². The van der Waals surface area contributed by atoms with Crippen molar-refractivity contribution in [2.24, 2.45) is 29.6 Å². The Morgan fingerprint density at radius 3 is 1.46 bits per heavy atom.